The van der Waals surface area contributed by atoms with E-state index in [0.29, 0.717) is 11.9 Å². The third-order valence-electron chi connectivity index (χ3n) is 5.30. The largest absolute Gasteiger partial charge is 0.495 e. The minimum Gasteiger partial charge on any atom is -0.495 e. The Bertz CT molecular complexity index is 687. The maximum absolute atomic E-state index is 12.3. The maximum Gasteiger partial charge on any atom is 0.228 e. The number of aromatic nitrogens is 1. The third kappa shape index (κ3) is 3.76. The van der Waals surface area contributed by atoms with Crippen LogP contribution < -0.4 is 10.6 Å². The summed E-state index contributed by atoms with van der Waals surface area (Å²) in [6.07, 6.45) is 12.6. The Balaban J connectivity index is 1.41. The van der Waals surface area contributed by atoms with Gasteiger partial charge in [-0.05, 0) is 48.6 Å². The lowest BCUT2D eigenvalue weighted by Crippen LogP contribution is -2.40. The van der Waals surface area contributed by atoms with Gasteiger partial charge in [0, 0.05) is 18.7 Å². The quantitative estimate of drug-likeness (QED) is 0.887. The van der Waals surface area contributed by atoms with Crippen molar-refractivity contribution in [1.29, 1.82) is 0 Å². The minimum absolute atomic E-state index is 0.114. The van der Waals surface area contributed by atoms with Crippen molar-refractivity contribution in [3.05, 3.63) is 41.8 Å². The third-order valence-corrected chi connectivity index (χ3v) is 5.30. The van der Waals surface area contributed by atoms with Gasteiger partial charge in [0.2, 0.25) is 5.91 Å². The number of morpholine rings is 1. The maximum atomic E-state index is 12.3. The van der Waals surface area contributed by atoms with Crippen LogP contribution in [0.15, 0.2) is 36.2 Å². The van der Waals surface area contributed by atoms with E-state index < -0.39 is 0 Å². The summed E-state index contributed by atoms with van der Waals surface area (Å²) in [5, 5.41) is 6.42. The second kappa shape index (κ2) is 7.40. The first-order valence-electron chi connectivity index (χ1n) is 9.35. The van der Waals surface area contributed by atoms with Crippen LogP contribution in [0.3, 0.4) is 0 Å². The van der Waals surface area contributed by atoms with Crippen LogP contribution in [-0.4, -0.2) is 30.1 Å². The first kappa shape index (κ1) is 16.3. The Morgan fingerprint density at radius 2 is 2.12 bits per heavy atom. The molecule has 1 unspecified atom stereocenters. The van der Waals surface area contributed by atoms with E-state index in [4.69, 9.17) is 4.74 Å². The highest BCUT2D eigenvalue weighted by Crippen LogP contribution is 2.28. The highest BCUT2D eigenvalue weighted by Gasteiger charge is 2.23. The molecule has 1 aliphatic heterocycles. The summed E-state index contributed by atoms with van der Waals surface area (Å²) in [4.78, 5) is 16.8. The molecule has 132 valence electrons. The molecule has 2 heterocycles. The molecule has 25 heavy (non-hydrogen) atoms. The number of carbonyl (C=O) groups excluding carboxylic acids is 1. The molecule has 1 aromatic rings. The number of pyridine rings is 1. The van der Waals surface area contributed by atoms with Gasteiger partial charge in [0.25, 0.3) is 0 Å². The van der Waals surface area contributed by atoms with Gasteiger partial charge < -0.3 is 15.4 Å². The lowest BCUT2D eigenvalue weighted by atomic mass is 9.89. The van der Waals surface area contributed by atoms with Gasteiger partial charge >= 0.3 is 0 Å². The van der Waals surface area contributed by atoms with Crippen molar-refractivity contribution < 1.29 is 9.53 Å². The Labute approximate surface area is 148 Å². The van der Waals surface area contributed by atoms with E-state index in [0.717, 1.165) is 62.2 Å². The Kier molecular flexibility index (Phi) is 4.83. The van der Waals surface area contributed by atoms with Gasteiger partial charge in [0.05, 0.1) is 6.04 Å². The second-order valence-electron chi connectivity index (χ2n) is 7.05. The van der Waals surface area contributed by atoms with Gasteiger partial charge in [0.15, 0.2) is 0 Å². The smallest absolute Gasteiger partial charge is 0.228 e. The van der Waals surface area contributed by atoms with Crippen LogP contribution in [0.1, 0.15) is 44.1 Å². The predicted octanol–water partition coefficient (Wildman–Crippen LogP) is 3.26. The molecule has 2 fully saturated rings. The summed E-state index contributed by atoms with van der Waals surface area (Å²) >= 11 is 0. The van der Waals surface area contributed by atoms with Gasteiger partial charge in [-0.2, -0.15) is 0 Å². The fourth-order valence-electron chi connectivity index (χ4n) is 3.83. The fourth-order valence-corrected chi connectivity index (χ4v) is 3.83. The molecule has 0 spiro atoms. The number of carbonyl (C=O) groups is 1. The number of fused-ring (bicyclic) bond motifs is 1. The molecule has 3 aliphatic rings. The average Bonchev–Trinajstić information content (AvgIpc) is 2.69. The summed E-state index contributed by atoms with van der Waals surface area (Å²) in [6.45, 7) is 1.63. The monoisotopic (exact) mass is 339 g/mol. The number of ether oxygens (including phenoxy) is 1. The lowest BCUT2D eigenvalue weighted by molar-refractivity contribution is -0.120. The topological polar surface area (TPSA) is 63.2 Å². The molecule has 2 aliphatic carbocycles. The summed E-state index contributed by atoms with van der Waals surface area (Å²) in [7, 11) is 0. The van der Waals surface area contributed by atoms with Crippen LogP contribution in [0.2, 0.25) is 0 Å². The Hall–Kier alpha value is -2.14. The number of allylic oxidation sites excluding steroid dienone is 2. The predicted molar refractivity (Wildman–Crippen MR) is 97.9 cm³/mol. The molecule has 5 heteroatoms. The minimum atomic E-state index is 0.114. The summed E-state index contributed by atoms with van der Waals surface area (Å²) in [5.41, 5.74) is 2.18. The average molecular weight is 339 g/mol. The molecule has 1 saturated heterocycles. The molecule has 1 atom stereocenters. The van der Waals surface area contributed by atoms with Crippen molar-refractivity contribution in [3.63, 3.8) is 0 Å². The SMILES string of the molecule is O=C(Nc1ccc(C2=CCC3NCCOC3=C2)cn1)C1CCCCC1. The molecule has 1 amide bonds. The molecular formula is C20H25N3O2. The van der Waals surface area contributed by atoms with Gasteiger partial charge in [-0.15, -0.1) is 0 Å². The van der Waals surface area contributed by atoms with Crippen molar-refractivity contribution >= 4 is 17.3 Å². The highest BCUT2D eigenvalue weighted by molar-refractivity contribution is 5.91. The molecule has 4 rings (SSSR count). The summed E-state index contributed by atoms with van der Waals surface area (Å²) < 4.78 is 5.76. The number of anilines is 1. The Morgan fingerprint density at radius 3 is 2.92 bits per heavy atom. The van der Waals surface area contributed by atoms with Crippen LogP contribution in [-0.2, 0) is 9.53 Å². The first-order chi connectivity index (χ1) is 12.3. The van der Waals surface area contributed by atoms with E-state index in [1.54, 1.807) is 0 Å². The van der Waals surface area contributed by atoms with Crippen molar-refractivity contribution in [2.24, 2.45) is 5.92 Å². The first-order valence-corrected chi connectivity index (χ1v) is 9.35. The van der Waals surface area contributed by atoms with E-state index in [1.165, 1.54) is 6.42 Å². The number of amides is 1. The summed E-state index contributed by atoms with van der Waals surface area (Å²) in [5.74, 6) is 1.91. The summed E-state index contributed by atoms with van der Waals surface area (Å²) in [6, 6.07) is 4.21. The van der Waals surface area contributed by atoms with Gasteiger partial charge in [0.1, 0.15) is 18.2 Å². The zero-order valence-corrected chi connectivity index (χ0v) is 14.5. The number of nitrogens with one attached hydrogen (secondary N) is 2. The van der Waals surface area contributed by atoms with E-state index in [9.17, 15) is 4.79 Å². The van der Waals surface area contributed by atoms with Crippen molar-refractivity contribution in [1.82, 2.24) is 10.3 Å². The van der Waals surface area contributed by atoms with Gasteiger partial charge in [-0.1, -0.05) is 25.3 Å². The lowest BCUT2D eigenvalue weighted by Gasteiger charge is -2.29. The van der Waals surface area contributed by atoms with Crippen LogP contribution in [0.4, 0.5) is 5.82 Å². The number of rotatable bonds is 3. The van der Waals surface area contributed by atoms with E-state index in [1.807, 2.05) is 18.3 Å². The zero-order chi connectivity index (χ0) is 17.1. The Morgan fingerprint density at radius 1 is 1.24 bits per heavy atom. The van der Waals surface area contributed by atoms with Crippen LogP contribution in [0, 0.1) is 5.92 Å². The van der Waals surface area contributed by atoms with Gasteiger partial charge in [-0.3, -0.25) is 4.79 Å². The molecular weight excluding hydrogens is 314 g/mol. The molecule has 0 aromatic carbocycles. The van der Waals surface area contributed by atoms with Crippen molar-refractivity contribution in [2.45, 2.75) is 44.6 Å². The number of hydrogen-bond acceptors (Lipinski definition) is 4. The van der Waals surface area contributed by atoms with Crippen LogP contribution in [0.25, 0.3) is 5.57 Å². The van der Waals surface area contributed by atoms with E-state index in [2.05, 4.69) is 27.8 Å². The van der Waals surface area contributed by atoms with E-state index >= 15 is 0 Å². The fraction of sp³-hybridized carbons (Fsp3) is 0.500. The molecule has 2 N–H and O–H groups in total. The van der Waals surface area contributed by atoms with Crippen LogP contribution >= 0.6 is 0 Å². The molecule has 1 aromatic heterocycles. The van der Waals surface area contributed by atoms with Crippen molar-refractivity contribution in [3.8, 4) is 0 Å². The highest BCUT2D eigenvalue weighted by atomic mass is 16.5. The standard InChI is InChI=1S/C20H25N3O2/c24-20(14-4-2-1-3-5-14)23-19-9-7-16(13-22-19)15-6-8-17-18(12-15)25-11-10-21-17/h6-7,9,12-14,17,21H,1-5,8,10-11H2,(H,22,23,24). The molecule has 1 saturated carbocycles. The second-order valence-corrected chi connectivity index (χ2v) is 7.05. The molecule has 5 nitrogen and oxygen atoms in total. The van der Waals surface area contributed by atoms with E-state index in [-0.39, 0.29) is 11.8 Å². The number of hydrogen-bond donors (Lipinski definition) is 2. The molecule has 0 radical (unpaired) electrons. The number of nitrogens with zero attached hydrogens (tertiary/aromatic N) is 1. The van der Waals surface area contributed by atoms with Gasteiger partial charge in [-0.25, -0.2) is 4.98 Å². The normalized spacial score (nSPS) is 23.8. The molecule has 0 bridgehead atoms. The zero-order valence-electron chi connectivity index (χ0n) is 14.5. The van der Waals surface area contributed by atoms with Crippen LogP contribution in [0.5, 0.6) is 0 Å². The van der Waals surface area contributed by atoms with Crippen molar-refractivity contribution in [2.75, 3.05) is 18.5 Å².